The maximum atomic E-state index is 13.6. The Morgan fingerprint density at radius 2 is 2.00 bits per heavy atom. The van der Waals surface area contributed by atoms with E-state index in [0.717, 1.165) is 53.6 Å². The van der Waals surface area contributed by atoms with Crippen molar-refractivity contribution in [1.82, 2.24) is 0 Å². The van der Waals surface area contributed by atoms with Crippen LogP contribution in [-0.4, -0.2) is 12.9 Å². The number of aldehydes is 1. The highest BCUT2D eigenvalue weighted by atomic mass is 19.1. The molecule has 0 N–H and O–H groups in total. The van der Waals surface area contributed by atoms with E-state index in [-0.39, 0.29) is 5.82 Å². The molecule has 0 unspecified atom stereocenters. The van der Waals surface area contributed by atoms with Crippen LogP contribution in [-0.2, 0) is 17.6 Å². The van der Waals surface area contributed by atoms with Crippen molar-refractivity contribution in [3.05, 3.63) is 70.5 Å². The van der Waals surface area contributed by atoms with Gasteiger partial charge >= 0.3 is 0 Å². The largest absolute Gasteiger partial charge is 0.494 e. The minimum atomic E-state index is -0.153. The third-order valence-corrected chi connectivity index (χ3v) is 4.59. The lowest BCUT2D eigenvalue weighted by atomic mass is 9.87. The van der Waals surface area contributed by atoms with E-state index >= 15 is 0 Å². The zero-order valence-corrected chi connectivity index (χ0v) is 13.8. The van der Waals surface area contributed by atoms with Crippen molar-refractivity contribution in [2.45, 2.75) is 32.6 Å². The highest BCUT2D eigenvalue weighted by molar-refractivity contribution is 5.89. The number of carbonyl (C=O) groups excluding carboxylic acids is 1. The van der Waals surface area contributed by atoms with E-state index in [9.17, 15) is 9.18 Å². The molecule has 1 aliphatic carbocycles. The molecule has 3 heteroatoms. The Bertz CT molecular complexity index is 777. The van der Waals surface area contributed by atoms with E-state index in [4.69, 9.17) is 4.74 Å². The van der Waals surface area contributed by atoms with Crippen molar-refractivity contribution in [3.8, 4) is 5.75 Å². The molecule has 2 aromatic carbocycles. The van der Waals surface area contributed by atoms with Crippen LogP contribution in [0, 0.1) is 5.82 Å². The molecule has 0 radical (unpaired) electrons. The minimum Gasteiger partial charge on any atom is -0.494 e. The first kappa shape index (κ1) is 16.4. The molecule has 0 aromatic heterocycles. The number of carbonyl (C=O) groups is 1. The van der Waals surface area contributed by atoms with Gasteiger partial charge in [0.1, 0.15) is 17.9 Å². The molecule has 0 atom stereocenters. The molecule has 0 spiro atoms. The van der Waals surface area contributed by atoms with Crippen molar-refractivity contribution < 1.29 is 13.9 Å². The van der Waals surface area contributed by atoms with Crippen LogP contribution in [0.15, 0.2) is 48.0 Å². The summed E-state index contributed by atoms with van der Waals surface area (Å²) in [6, 6.07) is 12.9. The first-order valence-corrected chi connectivity index (χ1v) is 8.33. The number of benzene rings is 2. The number of hydrogen-bond acceptors (Lipinski definition) is 2. The van der Waals surface area contributed by atoms with Crippen molar-refractivity contribution >= 4 is 11.9 Å². The summed E-state index contributed by atoms with van der Waals surface area (Å²) in [5.74, 6) is 0.684. The van der Waals surface area contributed by atoms with Crippen molar-refractivity contribution in [1.29, 1.82) is 0 Å². The molecular weight excluding hydrogens is 303 g/mol. The van der Waals surface area contributed by atoms with Gasteiger partial charge < -0.3 is 4.74 Å². The van der Waals surface area contributed by atoms with Crippen molar-refractivity contribution in [3.63, 3.8) is 0 Å². The Hall–Kier alpha value is -2.42. The Balaban J connectivity index is 1.59. The molecule has 0 amide bonds. The van der Waals surface area contributed by atoms with Gasteiger partial charge in [-0.1, -0.05) is 24.3 Å². The second-order valence-corrected chi connectivity index (χ2v) is 6.13. The van der Waals surface area contributed by atoms with Crippen LogP contribution >= 0.6 is 0 Å². The SMILES string of the molecule is CC1=C(C=O)CCc2cc(OCCCc3ccccc3F)ccc21. The van der Waals surface area contributed by atoms with Crippen LogP contribution in [0.1, 0.15) is 36.5 Å². The summed E-state index contributed by atoms with van der Waals surface area (Å²) in [5, 5.41) is 0. The van der Waals surface area contributed by atoms with Gasteiger partial charge in [-0.05, 0) is 78.6 Å². The van der Waals surface area contributed by atoms with Crippen molar-refractivity contribution in [2.75, 3.05) is 6.61 Å². The summed E-state index contributed by atoms with van der Waals surface area (Å²) in [7, 11) is 0. The van der Waals surface area contributed by atoms with E-state index in [0.29, 0.717) is 13.0 Å². The number of rotatable bonds is 6. The summed E-state index contributed by atoms with van der Waals surface area (Å²) in [6.07, 6.45) is 4.06. The summed E-state index contributed by atoms with van der Waals surface area (Å²) in [5.41, 5.74) is 5.05. The fourth-order valence-corrected chi connectivity index (χ4v) is 3.16. The smallest absolute Gasteiger partial charge is 0.146 e. The van der Waals surface area contributed by atoms with E-state index in [2.05, 4.69) is 6.07 Å². The molecule has 1 aliphatic rings. The van der Waals surface area contributed by atoms with Crippen LogP contribution in [0.4, 0.5) is 4.39 Å². The number of hydrogen-bond donors (Lipinski definition) is 0. The Morgan fingerprint density at radius 3 is 2.79 bits per heavy atom. The first-order chi connectivity index (χ1) is 11.7. The number of fused-ring (bicyclic) bond motifs is 1. The molecule has 0 fully saturated rings. The van der Waals surface area contributed by atoms with Gasteiger partial charge in [0.2, 0.25) is 0 Å². The second-order valence-electron chi connectivity index (χ2n) is 6.13. The molecule has 2 nitrogen and oxygen atoms in total. The van der Waals surface area contributed by atoms with E-state index in [1.807, 2.05) is 31.2 Å². The Labute approximate surface area is 142 Å². The summed E-state index contributed by atoms with van der Waals surface area (Å²) >= 11 is 0. The normalized spacial score (nSPS) is 13.6. The molecule has 3 rings (SSSR count). The third kappa shape index (κ3) is 3.56. The summed E-state index contributed by atoms with van der Waals surface area (Å²) < 4.78 is 19.4. The van der Waals surface area contributed by atoms with E-state index in [1.165, 1.54) is 11.6 Å². The zero-order valence-electron chi connectivity index (χ0n) is 13.8. The number of halogens is 1. The standard InChI is InChI=1S/C21H21FO2/c1-15-18(14-23)9-8-17-13-19(10-11-20(15)17)24-12-4-6-16-5-2-3-7-21(16)22/h2-3,5,7,10-11,13-14H,4,6,8-9,12H2,1H3. The van der Waals surface area contributed by atoms with Crippen molar-refractivity contribution in [2.24, 2.45) is 0 Å². The van der Waals surface area contributed by atoms with Crippen LogP contribution in [0.2, 0.25) is 0 Å². The number of ether oxygens (including phenoxy) is 1. The number of aryl methyl sites for hydroxylation is 2. The van der Waals surface area contributed by atoms with Crippen LogP contribution < -0.4 is 4.74 Å². The molecule has 0 saturated heterocycles. The molecular formula is C21H21FO2. The topological polar surface area (TPSA) is 26.3 Å². The molecule has 24 heavy (non-hydrogen) atoms. The summed E-state index contributed by atoms with van der Waals surface area (Å²) in [6.45, 7) is 2.55. The fraction of sp³-hybridized carbons (Fsp3) is 0.286. The van der Waals surface area contributed by atoms with Gasteiger partial charge in [-0.2, -0.15) is 0 Å². The lowest BCUT2D eigenvalue weighted by molar-refractivity contribution is -0.105. The highest BCUT2D eigenvalue weighted by Gasteiger charge is 2.16. The van der Waals surface area contributed by atoms with Gasteiger partial charge in [-0.25, -0.2) is 4.39 Å². The van der Waals surface area contributed by atoms with Gasteiger partial charge in [0.15, 0.2) is 0 Å². The van der Waals surface area contributed by atoms with Gasteiger partial charge in [-0.15, -0.1) is 0 Å². The predicted molar refractivity (Wildman–Crippen MR) is 93.6 cm³/mol. The van der Waals surface area contributed by atoms with Gasteiger partial charge in [0, 0.05) is 0 Å². The average Bonchev–Trinajstić information content (AvgIpc) is 2.60. The maximum Gasteiger partial charge on any atom is 0.146 e. The second kappa shape index (κ2) is 7.43. The molecule has 0 aliphatic heterocycles. The van der Waals surface area contributed by atoms with E-state index < -0.39 is 0 Å². The van der Waals surface area contributed by atoms with Crippen LogP contribution in [0.25, 0.3) is 5.57 Å². The average molecular weight is 324 g/mol. The van der Waals surface area contributed by atoms with Gasteiger partial charge in [-0.3, -0.25) is 4.79 Å². The zero-order chi connectivity index (χ0) is 16.9. The van der Waals surface area contributed by atoms with Gasteiger partial charge in [0.25, 0.3) is 0 Å². The molecule has 0 bridgehead atoms. The maximum absolute atomic E-state index is 13.6. The highest BCUT2D eigenvalue weighted by Crippen LogP contribution is 2.32. The quantitative estimate of drug-likeness (QED) is 0.566. The fourth-order valence-electron chi connectivity index (χ4n) is 3.16. The first-order valence-electron chi connectivity index (χ1n) is 8.33. The third-order valence-electron chi connectivity index (χ3n) is 4.59. The predicted octanol–water partition coefficient (Wildman–Crippen LogP) is 4.76. The van der Waals surface area contributed by atoms with Crippen LogP contribution in [0.3, 0.4) is 0 Å². The Kier molecular flexibility index (Phi) is 5.09. The lowest BCUT2D eigenvalue weighted by Crippen LogP contribution is -2.06. The molecule has 2 aromatic rings. The lowest BCUT2D eigenvalue weighted by Gasteiger charge is -2.19. The molecule has 0 heterocycles. The Morgan fingerprint density at radius 1 is 1.17 bits per heavy atom. The molecule has 124 valence electrons. The number of allylic oxidation sites excluding steroid dienone is 2. The van der Waals surface area contributed by atoms with Gasteiger partial charge in [0.05, 0.1) is 6.61 Å². The van der Waals surface area contributed by atoms with Crippen LogP contribution in [0.5, 0.6) is 5.75 Å². The minimum absolute atomic E-state index is 0.153. The van der Waals surface area contributed by atoms with E-state index in [1.54, 1.807) is 6.07 Å². The molecule has 0 saturated carbocycles. The summed E-state index contributed by atoms with van der Waals surface area (Å²) in [4.78, 5) is 11.1. The monoisotopic (exact) mass is 324 g/mol.